The second-order valence-electron chi connectivity index (χ2n) is 7.44. The predicted molar refractivity (Wildman–Crippen MR) is 116 cm³/mol. The Hall–Kier alpha value is -2.65. The van der Waals surface area contributed by atoms with E-state index in [-0.39, 0.29) is 30.3 Å². The summed E-state index contributed by atoms with van der Waals surface area (Å²) >= 11 is 0. The molecule has 2 saturated heterocycles. The molecule has 10 heteroatoms. The Bertz CT molecular complexity index is 925. The van der Waals surface area contributed by atoms with Gasteiger partial charge in [0.15, 0.2) is 5.69 Å². The van der Waals surface area contributed by atoms with Crippen LogP contribution in [0.1, 0.15) is 47.9 Å². The molecule has 162 valence electrons. The fourth-order valence-electron chi connectivity index (χ4n) is 4.02. The van der Waals surface area contributed by atoms with E-state index < -0.39 is 0 Å². The highest BCUT2D eigenvalue weighted by Crippen LogP contribution is 2.34. The van der Waals surface area contributed by atoms with Crippen molar-refractivity contribution in [3.05, 3.63) is 29.6 Å². The molecule has 2 N–H and O–H groups in total. The predicted octanol–water partition coefficient (Wildman–Crippen LogP) is 2.32. The lowest BCUT2D eigenvalue weighted by atomic mass is 10.1. The molecule has 1 aromatic carbocycles. The smallest absolute Gasteiger partial charge is 0.278 e. The maximum atomic E-state index is 12.8. The van der Waals surface area contributed by atoms with E-state index in [2.05, 4.69) is 20.9 Å². The first-order chi connectivity index (χ1) is 14.1. The zero-order chi connectivity index (χ0) is 20.4. The third-order valence-electron chi connectivity index (χ3n) is 5.60. The summed E-state index contributed by atoms with van der Waals surface area (Å²) in [4.78, 5) is 26.5. The number of hydrogen-bond donors (Lipinski definition) is 2. The molecule has 1 aromatic heterocycles. The van der Waals surface area contributed by atoms with Crippen LogP contribution in [0.4, 0.5) is 11.4 Å². The van der Waals surface area contributed by atoms with Crippen LogP contribution in [-0.4, -0.2) is 53.6 Å². The molecule has 0 spiro atoms. The van der Waals surface area contributed by atoms with Crippen molar-refractivity contribution in [2.45, 2.75) is 38.6 Å². The minimum absolute atomic E-state index is 0. The normalized spacial score (nSPS) is 17.0. The van der Waals surface area contributed by atoms with Crippen LogP contribution in [0.15, 0.2) is 18.2 Å². The highest BCUT2D eigenvalue weighted by molar-refractivity contribution is 6.04. The summed E-state index contributed by atoms with van der Waals surface area (Å²) in [5.74, 6) is 0.327. The molecular weight excluding hydrogens is 408 g/mol. The number of aromatic nitrogens is 3. The van der Waals surface area contributed by atoms with Gasteiger partial charge in [0.1, 0.15) is 5.75 Å². The van der Waals surface area contributed by atoms with Gasteiger partial charge in [-0.25, -0.2) is 4.68 Å². The molecule has 2 fully saturated rings. The van der Waals surface area contributed by atoms with Gasteiger partial charge in [-0.3, -0.25) is 9.59 Å². The number of nitrogens with one attached hydrogen (secondary N) is 2. The fourth-order valence-corrected chi connectivity index (χ4v) is 4.02. The van der Waals surface area contributed by atoms with Gasteiger partial charge < -0.3 is 20.3 Å². The molecule has 0 bridgehead atoms. The SMILES string of the molecule is COc1cc(NC(=O)c2nnn(C3CCNCC3)c2C)ccc1N1CCCC1=O.Cl. The van der Waals surface area contributed by atoms with Gasteiger partial charge in [0.05, 0.1) is 24.5 Å². The number of hydrogen-bond acceptors (Lipinski definition) is 6. The Morgan fingerprint density at radius 3 is 2.73 bits per heavy atom. The summed E-state index contributed by atoms with van der Waals surface area (Å²) < 4.78 is 7.32. The molecule has 2 aliphatic rings. The number of halogens is 1. The third-order valence-corrected chi connectivity index (χ3v) is 5.60. The van der Waals surface area contributed by atoms with E-state index in [0.717, 1.165) is 43.7 Å². The lowest BCUT2D eigenvalue weighted by molar-refractivity contribution is -0.117. The van der Waals surface area contributed by atoms with Gasteiger partial charge in [0.25, 0.3) is 5.91 Å². The summed E-state index contributed by atoms with van der Waals surface area (Å²) in [6.07, 6.45) is 3.33. The van der Waals surface area contributed by atoms with E-state index in [9.17, 15) is 9.59 Å². The van der Waals surface area contributed by atoms with Crippen molar-refractivity contribution < 1.29 is 14.3 Å². The number of benzene rings is 1. The van der Waals surface area contributed by atoms with Gasteiger partial charge >= 0.3 is 0 Å². The second-order valence-corrected chi connectivity index (χ2v) is 7.44. The standard InChI is InChI=1S/C20H26N6O3.ClH/c1-13-19(23-24-26(13)15-7-9-21-10-8-15)20(28)22-14-5-6-16(17(12-14)29-2)25-11-3-4-18(25)27;/h5-6,12,15,21H,3-4,7-11H2,1-2H3,(H,22,28);1H. The summed E-state index contributed by atoms with van der Waals surface area (Å²) in [5.41, 5.74) is 2.39. The summed E-state index contributed by atoms with van der Waals surface area (Å²) in [5, 5.41) is 14.5. The maximum absolute atomic E-state index is 12.8. The third kappa shape index (κ3) is 4.27. The molecule has 2 amide bonds. The van der Waals surface area contributed by atoms with Gasteiger partial charge in [-0.05, 0) is 51.4 Å². The van der Waals surface area contributed by atoms with Crippen LogP contribution in [0, 0.1) is 6.92 Å². The monoisotopic (exact) mass is 434 g/mol. The number of rotatable bonds is 5. The second kappa shape index (κ2) is 9.44. The number of piperidine rings is 1. The van der Waals surface area contributed by atoms with E-state index in [0.29, 0.717) is 30.1 Å². The van der Waals surface area contributed by atoms with Crippen LogP contribution in [-0.2, 0) is 4.79 Å². The molecule has 0 unspecified atom stereocenters. The number of ether oxygens (including phenoxy) is 1. The van der Waals surface area contributed by atoms with Gasteiger partial charge in [0.2, 0.25) is 5.91 Å². The largest absolute Gasteiger partial charge is 0.494 e. The lowest BCUT2D eigenvalue weighted by Gasteiger charge is -2.23. The van der Waals surface area contributed by atoms with Crippen LogP contribution in [0.25, 0.3) is 0 Å². The molecule has 0 radical (unpaired) electrons. The van der Waals surface area contributed by atoms with Crippen LogP contribution in [0.2, 0.25) is 0 Å². The molecular formula is C20H27ClN6O3. The molecule has 0 saturated carbocycles. The first-order valence-corrected chi connectivity index (χ1v) is 10.0. The summed E-state index contributed by atoms with van der Waals surface area (Å²) in [7, 11) is 1.56. The van der Waals surface area contributed by atoms with E-state index in [1.807, 2.05) is 11.6 Å². The van der Waals surface area contributed by atoms with Crippen molar-refractivity contribution in [1.82, 2.24) is 20.3 Å². The number of carbonyl (C=O) groups is 2. The van der Waals surface area contributed by atoms with Crippen molar-refractivity contribution in [2.24, 2.45) is 0 Å². The zero-order valence-corrected chi connectivity index (χ0v) is 18.0. The van der Waals surface area contributed by atoms with Crippen molar-refractivity contribution >= 4 is 35.6 Å². The fraction of sp³-hybridized carbons (Fsp3) is 0.500. The van der Waals surface area contributed by atoms with Crippen molar-refractivity contribution in [3.63, 3.8) is 0 Å². The first-order valence-electron chi connectivity index (χ1n) is 10.0. The Labute approximate surface area is 181 Å². The number of nitrogens with zero attached hydrogens (tertiary/aromatic N) is 4. The van der Waals surface area contributed by atoms with Gasteiger partial charge in [0, 0.05) is 24.7 Å². The summed E-state index contributed by atoms with van der Waals surface area (Å²) in [6, 6.07) is 5.57. The van der Waals surface area contributed by atoms with Crippen LogP contribution < -0.4 is 20.3 Å². The van der Waals surface area contributed by atoms with Crippen LogP contribution >= 0.6 is 12.4 Å². The molecule has 4 rings (SSSR count). The average Bonchev–Trinajstić information content (AvgIpc) is 3.34. The van der Waals surface area contributed by atoms with E-state index in [1.54, 1.807) is 30.2 Å². The Morgan fingerprint density at radius 1 is 1.30 bits per heavy atom. The van der Waals surface area contributed by atoms with Gasteiger partial charge in [-0.15, -0.1) is 17.5 Å². The van der Waals surface area contributed by atoms with Crippen LogP contribution in [0.3, 0.4) is 0 Å². The van der Waals surface area contributed by atoms with E-state index in [4.69, 9.17) is 4.74 Å². The van der Waals surface area contributed by atoms with Crippen LogP contribution in [0.5, 0.6) is 5.75 Å². The molecule has 2 aliphatic heterocycles. The van der Waals surface area contributed by atoms with Gasteiger partial charge in [-0.1, -0.05) is 5.21 Å². The van der Waals surface area contributed by atoms with Crippen molar-refractivity contribution in [2.75, 3.05) is 37.0 Å². The highest BCUT2D eigenvalue weighted by atomic mass is 35.5. The number of amides is 2. The summed E-state index contributed by atoms with van der Waals surface area (Å²) in [6.45, 7) is 4.44. The lowest BCUT2D eigenvalue weighted by Crippen LogP contribution is -2.30. The molecule has 2 aromatic rings. The van der Waals surface area contributed by atoms with Gasteiger partial charge in [-0.2, -0.15) is 0 Å². The maximum Gasteiger partial charge on any atom is 0.278 e. The number of carbonyl (C=O) groups excluding carboxylic acids is 2. The molecule has 9 nitrogen and oxygen atoms in total. The zero-order valence-electron chi connectivity index (χ0n) is 17.2. The quantitative estimate of drug-likeness (QED) is 0.748. The number of anilines is 2. The first kappa shape index (κ1) is 22.0. The highest BCUT2D eigenvalue weighted by Gasteiger charge is 2.26. The molecule has 3 heterocycles. The van der Waals surface area contributed by atoms with E-state index >= 15 is 0 Å². The molecule has 0 atom stereocenters. The Morgan fingerprint density at radius 2 is 2.07 bits per heavy atom. The number of methoxy groups -OCH3 is 1. The molecule has 30 heavy (non-hydrogen) atoms. The van der Waals surface area contributed by atoms with Crippen molar-refractivity contribution in [3.8, 4) is 5.75 Å². The minimum atomic E-state index is -0.310. The average molecular weight is 435 g/mol. The Balaban J connectivity index is 0.00000256. The minimum Gasteiger partial charge on any atom is -0.494 e. The Kier molecular flexibility index (Phi) is 6.94. The topological polar surface area (TPSA) is 101 Å². The van der Waals surface area contributed by atoms with Crippen molar-refractivity contribution in [1.29, 1.82) is 0 Å². The van der Waals surface area contributed by atoms with E-state index in [1.165, 1.54) is 0 Å². The molecule has 0 aliphatic carbocycles.